The predicted octanol–water partition coefficient (Wildman–Crippen LogP) is 0.467. The monoisotopic (exact) mass is 194 g/mol. The highest BCUT2D eigenvalue weighted by Crippen LogP contribution is 1.90. The van der Waals surface area contributed by atoms with E-state index in [1.54, 1.807) is 11.8 Å². The zero-order chi connectivity index (χ0) is 9.23. The molecule has 12 heavy (non-hydrogen) atoms. The minimum atomic E-state index is -0.945. The number of thioether (sulfide) groups is 1. The minimum absolute atomic E-state index is 0.244. The predicted molar refractivity (Wildman–Crippen MR) is 47.7 cm³/mol. The van der Waals surface area contributed by atoms with Gasteiger partial charge in [-0.1, -0.05) is 0 Å². The van der Waals surface area contributed by atoms with Crippen LogP contribution in [0.1, 0.15) is 0 Å². The van der Waals surface area contributed by atoms with Gasteiger partial charge >= 0.3 is 5.97 Å². The maximum absolute atomic E-state index is 9.97. The minimum Gasteiger partial charge on any atom is -0.480 e. The van der Waals surface area contributed by atoms with Crippen LogP contribution in [-0.4, -0.2) is 49.5 Å². The van der Waals surface area contributed by atoms with Gasteiger partial charge in [-0.05, 0) is 6.26 Å². The van der Waals surface area contributed by atoms with Gasteiger partial charge in [0.05, 0.1) is 19.8 Å². The van der Waals surface area contributed by atoms with Gasteiger partial charge in [0.15, 0.2) is 0 Å². The Labute approximate surface area is 76.2 Å². The average molecular weight is 194 g/mol. The van der Waals surface area contributed by atoms with E-state index in [1.165, 1.54) is 0 Å². The van der Waals surface area contributed by atoms with E-state index in [0.717, 1.165) is 5.75 Å². The zero-order valence-electron chi connectivity index (χ0n) is 7.12. The van der Waals surface area contributed by atoms with Crippen LogP contribution in [0, 0.1) is 0 Å². The Morgan fingerprint density at radius 3 is 2.58 bits per heavy atom. The summed E-state index contributed by atoms with van der Waals surface area (Å²) < 4.78 is 9.86. The summed E-state index contributed by atoms with van der Waals surface area (Å²) in [7, 11) is 0. The SMILES string of the molecule is CSCCOCCOCC(=O)O. The van der Waals surface area contributed by atoms with Crippen molar-refractivity contribution in [1.29, 1.82) is 0 Å². The van der Waals surface area contributed by atoms with E-state index in [2.05, 4.69) is 0 Å². The lowest BCUT2D eigenvalue weighted by Crippen LogP contribution is -2.12. The molecule has 0 unspecified atom stereocenters. The highest BCUT2D eigenvalue weighted by molar-refractivity contribution is 7.98. The molecule has 0 aromatic rings. The number of rotatable bonds is 8. The molecule has 0 radical (unpaired) electrons. The van der Waals surface area contributed by atoms with Crippen LogP contribution < -0.4 is 0 Å². The second-order valence-electron chi connectivity index (χ2n) is 2.05. The molecule has 0 aliphatic heterocycles. The van der Waals surface area contributed by atoms with Crippen molar-refractivity contribution in [1.82, 2.24) is 0 Å². The summed E-state index contributed by atoms with van der Waals surface area (Å²) in [6, 6.07) is 0. The molecule has 1 N–H and O–H groups in total. The Morgan fingerprint density at radius 2 is 2.00 bits per heavy atom. The number of carbonyl (C=O) groups is 1. The maximum atomic E-state index is 9.97. The summed E-state index contributed by atoms with van der Waals surface area (Å²) >= 11 is 1.71. The highest BCUT2D eigenvalue weighted by atomic mass is 32.2. The van der Waals surface area contributed by atoms with Crippen molar-refractivity contribution >= 4 is 17.7 Å². The summed E-state index contributed by atoms with van der Waals surface area (Å²) in [5, 5.41) is 8.19. The molecule has 4 nitrogen and oxygen atoms in total. The number of hydrogen-bond acceptors (Lipinski definition) is 4. The summed E-state index contributed by atoms with van der Waals surface area (Å²) in [6.07, 6.45) is 2.00. The van der Waals surface area contributed by atoms with Crippen LogP contribution in [0.25, 0.3) is 0 Å². The van der Waals surface area contributed by atoms with E-state index < -0.39 is 5.97 Å². The first-order valence-corrected chi connectivity index (χ1v) is 5.03. The summed E-state index contributed by atoms with van der Waals surface area (Å²) in [4.78, 5) is 9.97. The van der Waals surface area contributed by atoms with Gasteiger partial charge in [-0.25, -0.2) is 4.79 Å². The zero-order valence-corrected chi connectivity index (χ0v) is 7.93. The van der Waals surface area contributed by atoms with Gasteiger partial charge < -0.3 is 14.6 Å². The van der Waals surface area contributed by atoms with Crippen molar-refractivity contribution in [3.05, 3.63) is 0 Å². The summed E-state index contributed by atoms with van der Waals surface area (Å²) in [6.45, 7) is 1.26. The van der Waals surface area contributed by atoms with Gasteiger partial charge in [-0.3, -0.25) is 0 Å². The molecule has 0 fully saturated rings. The van der Waals surface area contributed by atoms with E-state index in [9.17, 15) is 4.79 Å². The molecule has 0 aliphatic carbocycles. The van der Waals surface area contributed by atoms with E-state index in [4.69, 9.17) is 14.6 Å². The lowest BCUT2D eigenvalue weighted by Gasteiger charge is -2.02. The first-order valence-electron chi connectivity index (χ1n) is 3.63. The van der Waals surface area contributed by atoms with E-state index in [1.807, 2.05) is 6.26 Å². The third-order valence-corrected chi connectivity index (χ3v) is 1.60. The number of aliphatic carboxylic acids is 1. The smallest absolute Gasteiger partial charge is 0.329 e. The quantitative estimate of drug-likeness (QED) is 0.569. The third-order valence-electron chi connectivity index (χ3n) is 1.03. The number of carboxylic acid groups (broad SMARTS) is 1. The Balaban J connectivity index is 2.86. The van der Waals surface area contributed by atoms with Crippen LogP contribution in [0.2, 0.25) is 0 Å². The molecule has 0 rings (SSSR count). The summed E-state index contributed by atoms with van der Waals surface area (Å²) in [5.41, 5.74) is 0. The molecule has 0 spiro atoms. The van der Waals surface area contributed by atoms with E-state index in [-0.39, 0.29) is 6.61 Å². The maximum Gasteiger partial charge on any atom is 0.329 e. The molecule has 0 saturated carbocycles. The van der Waals surface area contributed by atoms with Crippen molar-refractivity contribution in [2.75, 3.05) is 38.4 Å². The molecule has 0 bridgehead atoms. The Morgan fingerprint density at radius 1 is 1.33 bits per heavy atom. The Bertz CT molecular complexity index is 118. The van der Waals surface area contributed by atoms with Crippen LogP contribution in [0.5, 0.6) is 0 Å². The van der Waals surface area contributed by atoms with Gasteiger partial charge in [0, 0.05) is 5.75 Å². The van der Waals surface area contributed by atoms with E-state index >= 15 is 0 Å². The molecule has 0 heterocycles. The fourth-order valence-corrected chi connectivity index (χ4v) is 0.806. The molecule has 5 heteroatoms. The normalized spacial score (nSPS) is 10.1. The van der Waals surface area contributed by atoms with Crippen LogP contribution >= 0.6 is 11.8 Å². The molecule has 0 saturated heterocycles. The fraction of sp³-hybridized carbons (Fsp3) is 0.857. The summed E-state index contributed by atoms with van der Waals surface area (Å²) in [5.74, 6) is 0.0120. The Hall–Kier alpha value is -0.260. The van der Waals surface area contributed by atoms with Gasteiger partial charge in [0.1, 0.15) is 6.61 Å². The number of carboxylic acids is 1. The van der Waals surface area contributed by atoms with Crippen molar-refractivity contribution in [3.63, 3.8) is 0 Å². The topological polar surface area (TPSA) is 55.8 Å². The lowest BCUT2D eigenvalue weighted by atomic mass is 10.7. The van der Waals surface area contributed by atoms with Crippen LogP contribution in [0.4, 0.5) is 0 Å². The molecular formula is C7H14O4S. The highest BCUT2D eigenvalue weighted by Gasteiger charge is 1.95. The molecule has 72 valence electrons. The standard InChI is InChI=1S/C7H14O4S/c1-12-5-4-10-2-3-11-6-7(8)9/h2-6H2,1H3,(H,8,9). The fourth-order valence-electron chi connectivity index (χ4n) is 0.522. The Kier molecular flexibility index (Phi) is 8.64. The second-order valence-corrected chi connectivity index (χ2v) is 3.04. The van der Waals surface area contributed by atoms with Crippen molar-refractivity contribution in [2.45, 2.75) is 0 Å². The van der Waals surface area contributed by atoms with Crippen molar-refractivity contribution in [3.8, 4) is 0 Å². The molecule has 0 aromatic heterocycles. The molecule has 0 aromatic carbocycles. The van der Waals surface area contributed by atoms with Gasteiger partial charge in [0.25, 0.3) is 0 Å². The molecule has 0 atom stereocenters. The van der Waals surface area contributed by atoms with Crippen LogP contribution in [0.15, 0.2) is 0 Å². The third kappa shape index (κ3) is 9.74. The van der Waals surface area contributed by atoms with Gasteiger partial charge in [0.2, 0.25) is 0 Å². The number of ether oxygens (including phenoxy) is 2. The molecule has 0 aliphatic rings. The molecular weight excluding hydrogens is 180 g/mol. The van der Waals surface area contributed by atoms with Crippen LogP contribution in [0.3, 0.4) is 0 Å². The van der Waals surface area contributed by atoms with Crippen LogP contribution in [-0.2, 0) is 14.3 Å². The van der Waals surface area contributed by atoms with E-state index in [0.29, 0.717) is 19.8 Å². The molecule has 0 amide bonds. The largest absolute Gasteiger partial charge is 0.480 e. The first kappa shape index (κ1) is 11.7. The van der Waals surface area contributed by atoms with Crippen molar-refractivity contribution < 1.29 is 19.4 Å². The first-order chi connectivity index (χ1) is 5.77. The second kappa shape index (κ2) is 8.83. The lowest BCUT2D eigenvalue weighted by molar-refractivity contribution is -0.142. The number of hydrogen-bond donors (Lipinski definition) is 1. The van der Waals surface area contributed by atoms with Gasteiger partial charge in [-0.2, -0.15) is 11.8 Å². The van der Waals surface area contributed by atoms with Gasteiger partial charge in [-0.15, -0.1) is 0 Å². The van der Waals surface area contributed by atoms with Crippen molar-refractivity contribution in [2.24, 2.45) is 0 Å². The average Bonchev–Trinajstić information content (AvgIpc) is 2.02.